The zero-order valence-electron chi connectivity index (χ0n) is 13.9. The molecule has 24 heavy (non-hydrogen) atoms. The first kappa shape index (κ1) is 19.7. The maximum atomic E-state index is 4.59. The van der Waals surface area contributed by atoms with Crippen LogP contribution in [0.3, 0.4) is 0 Å². The van der Waals surface area contributed by atoms with Crippen molar-refractivity contribution in [1.29, 1.82) is 0 Å². The van der Waals surface area contributed by atoms with Gasteiger partial charge in [0.2, 0.25) is 0 Å². The second-order valence-corrected chi connectivity index (χ2v) is 31.4. The number of fused-ring (bicyclic) bond motifs is 3. The van der Waals surface area contributed by atoms with Crippen LogP contribution < -0.4 is 8.72 Å². The van der Waals surface area contributed by atoms with E-state index in [1.807, 2.05) is 12.4 Å². The van der Waals surface area contributed by atoms with Crippen LogP contribution in [0.25, 0.3) is 11.1 Å². The first-order valence-corrected chi connectivity index (χ1v) is 20.6. The third kappa shape index (κ3) is 3.48. The van der Waals surface area contributed by atoms with Crippen LogP contribution in [0.1, 0.15) is 11.1 Å². The monoisotopic (exact) mass is 454 g/mol. The van der Waals surface area contributed by atoms with Crippen LogP contribution in [0, 0.1) is 0 Å². The van der Waals surface area contributed by atoms with Gasteiger partial charge in [-0.15, -0.1) is 24.8 Å². The minimum absolute atomic E-state index is 0. The summed E-state index contributed by atoms with van der Waals surface area (Å²) in [6, 6.07) is 15.8. The molecule has 0 bridgehead atoms. The predicted molar refractivity (Wildman–Crippen MR) is 107 cm³/mol. The molecule has 0 aliphatic heterocycles. The minimum atomic E-state index is -2.26. The molecule has 1 N–H and O–H groups in total. The van der Waals surface area contributed by atoms with Crippen LogP contribution in [0.15, 0.2) is 54.9 Å². The van der Waals surface area contributed by atoms with Crippen molar-refractivity contribution < 1.29 is 19.4 Å². The normalized spacial score (nSPS) is 12.4. The van der Waals surface area contributed by atoms with Crippen molar-refractivity contribution >= 4 is 40.2 Å². The van der Waals surface area contributed by atoms with Crippen LogP contribution in [0.5, 0.6) is 0 Å². The van der Waals surface area contributed by atoms with Gasteiger partial charge in [-0.1, -0.05) is 0 Å². The molecule has 0 atom stereocenters. The van der Waals surface area contributed by atoms with E-state index in [0.717, 1.165) is 6.42 Å². The Labute approximate surface area is 161 Å². The number of halogens is 2. The number of H-pyrrole nitrogens is 1. The Balaban J connectivity index is 0.00000104. The molecule has 0 saturated carbocycles. The number of imidazole rings is 1. The molecule has 0 fully saturated rings. The summed E-state index contributed by atoms with van der Waals surface area (Å²) in [5.74, 6) is 0. The van der Waals surface area contributed by atoms with Crippen LogP contribution in [0.2, 0.25) is 9.26 Å². The van der Waals surface area contributed by atoms with E-state index in [2.05, 4.69) is 61.7 Å². The van der Waals surface area contributed by atoms with Crippen LogP contribution in [-0.2, 0) is 25.8 Å². The molecule has 1 aliphatic carbocycles. The number of benzene rings is 2. The summed E-state index contributed by atoms with van der Waals surface area (Å²) < 4.78 is 6.39. The number of nitrogens with one attached hydrogen (secondary N) is 1. The predicted octanol–water partition coefficient (Wildman–Crippen LogP) is 3.11. The van der Waals surface area contributed by atoms with Crippen molar-refractivity contribution in [1.82, 2.24) is 9.97 Å². The van der Waals surface area contributed by atoms with Crippen molar-refractivity contribution in [2.24, 2.45) is 0 Å². The first-order valence-electron chi connectivity index (χ1n) is 7.84. The summed E-state index contributed by atoms with van der Waals surface area (Å²) in [6.45, 7) is -0.273. The van der Waals surface area contributed by atoms with E-state index < -0.39 is 19.4 Å². The molecular weight excluding hydrogens is 434 g/mol. The number of hydrogen-bond acceptors (Lipinski definition) is 1. The number of aromatic amines is 1. The average molecular weight is 457 g/mol. The topological polar surface area (TPSA) is 28.7 Å². The second kappa shape index (κ2) is 7.70. The Hall–Kier alpha value is -0.670. The molecule has 2 nitrogen and oxygen atoms in total. The molecule has 1 heterocycles. The summed E-state index contributed by atoms with van der Waals surface area (Å²) in [5, 5.41) is 1.67. The van der Waals surface area contributed by atoms with Gasteiger partial charge in [-0.05, 0) is 0 Å². The van der Waals surface area contributed by atoms with Gasteiger partial charge >= 0.3 is 138 Å². The van der Waals surface area contributed by atoms with E-state index in [-0.39, 0.29) is 31.5 Å². The number of rotatable bonds is 3. The van der Waals surface area contributed by atoms with E-state index >= 15 is 0 Å². The summed E-state index contributed by atoms with van der Waals surface area (Å²) in [4.78, 5) is 7.99. The molecule has 2 aromatic carbocycles. The van der Waals surface area contributed by atoms with Crippen molar-refractivity contribution in [3.63, 3.8) is 0 Å². The molecule has 0 unspecified atom stereocenters. The van der Waals surface area contributed by atoms with Gasteiger partial charge in [0.05, 0.1) is 0 Å². The van der Waals surface area contributed by atoms with E-state index in [1.54, 1.807) is 10.8 Å². The number of aromatic nitrogens is 2. The molecular formula is C18H22Cl2N2SiZr. The Morgan fingerprint density at radius 1 is 1.00 bits per heavy atom. The summed E-state index contributed by atoms with van der Waals surface area (Å²) in [5.41, 5.74) is 6.01. The van der Waals surface area contributed by atoms with Gasteiger partial charge in [-0.2, -0.15) is 0 Å². The van der Waals surface area contributed by atoms with Gasteiger partial charge < -0.3 is 0 Å². The van der Waals surface area contributed by atoms with Crippen molar-refractivity contribution in [3.05, 3.63) is 66.0 Å². The van der Waals surface area contributed by atoms with Crippen LogP contribution in [-0.4, -0.2) is 16.6 Å². The molecule has 0 spiro atoms. The third-order valence-corrected chi connectivity index (χ3v) is 21.8. The molecule has 126 valence electrons. The first-order chi connectivity index (χ1) is 10.6. The van der Waals surface area contributed by atoms with E-state index in [9.17, 15) is 0 Å². The van der Waals surface area contributed by atoms with Crippen LogP contribution >= 0.6 is 24.8 Å². The fraction of sp³-hybridized carbons (Fsp3) is 0.167. The summed E-state index contributed by atoms with van der Waals surface area (Å²) in [7, 11) is 0. The Kier molecular flexibility index (Phi) is 6.30. The average Bonchev–Trinajstić information content (AvgIpc) is 3.15. The quantitative estimate of drug-likeness (QED) is 0.472. The molecule has 3 aromatic rings. The number of nitrogens with zero attached hydrogens (tertiary/aromatic N) is 1. The molecule has 6 heteroatoms. The van der Waals surface area contributed by atoms with E-state index in [0.29, 0.717) is 0 Å². The van der Waals surface area contributed by atoms with Gasteiger partial charge in [-0.25, -0.2) is 0 Å². The molecule has 4 rings (SSSR count). The zero-order chi connectivity index (χ0) is 15.2. The van der Waals surface area contributed by atoms with E-state index in [4.69, 9.17) is 0 Å². The van der Waals surface area contributed by atoms with Gasteiger partial charge in [0.15, 0.2) is 0 Å². The SMILES string of the molecule is Cl.Cl.[CH3][Zr]([CH3])([SiH2]c1cccc2c1Cc1ccccc1-2)[c]1ncc[nH]1. The standard InChI is InChI=1S/C13H11Si.C3H3N2.2CH3.2ClH.Zr/c14-13-7-3-6-11-10-5-2-1-4-9(10)8-12(11)13;1-2-5-3-4-1;;;;;/h1-7H,8,14H2;1-2H,(H,4,5);2*1H3;2*1H;. The van der Waals surface area contributed by atoms with Crippen LogP contribution in [0.4, 0.5) is 0 Å². The van der Waals surface area contributed by atoms with Gasteiger partial charge in [0.1, 0.15) is 0 Å². The molecule has 1 aromatic heterocycles. The zero-order valence-corrected chi connectivity index (χ0v) is 19.4. The fourth-order valence-corrected chi connectivity index (χ4v) is 19.5. The molecule has 1 aliphatic rings. The van der Waals surface area contributed by atoms with Crippen molar-refractivity contribution in [2.75, 3.05) is 0 Å². The van der Waals surface area contributed by atoms with Crippen molar-refractivity contribution in [3.8, 4) is 11.1 Å². The second-order valence-electron chi connectivity index (χ2n) is 6.78. The molecule has 0 radical (unpaired) electrons. The van der Waals surface area contributed by atoms with Gasteiger partial charge in [0.25, 0.3) is 0 Å². The van der Waals surface area contributed by atoms with Gasteiger partial charge in [0, 0.05) is 0 Å². The van der Waals surface area contributed by atoms with Gasteiger partial charge in [-0.3, -0.25) is 0 Å². The fourth-order valence-electron chi connectivity index (χ4n) is 3.58. The Bertz CT molecular complexity index is 835. The maximum absolute atomic E-state index is 4.59. The number of hydrogen-bond donors (Lipinski definition) is 1. The summed E-state index contributed by atoms with van der Waals surface area (Å²) in [6.07, 6.45) is 5.01. The Morgan fingerprint density at radius 3 is 2.50 bits per heavy atom. The third-order valence-electron chi connectivity index (χ3n) is 4.72. The molecule has 0 saturated heterocycles. The molecule has 0 amide bonds. The summed E-state index contributed by atoms with van der Waals surface area (Å²) >= 11 is -2.26. The Morgan fingerprint density at radius 2 is 1.75 bits per heavy atom. The van der Waals surface area contributed by atoms with Crippen molar-refractivity contribution in [2.45, 2.75) is 15.7 Å². The van der Waals surface area contributed by atoms with E-state index in [1.165, 1.54) is 20.2 Å².